The van der Waals surface area contributed by atoms with E-state index in [1.54, 1.807) is 18.2 Å². The number of nitrogens with one attached hydrogen (secondary N) is 1. The Morgan fingerprint density at radius 3 is 2.90 bits per heavy atom. The van der Waals surface area contributed by atoms with Crippen molar-refractivity contribution in [1.29, 1.82) is 0 Å². The van der Waals surface area contributed by atoms with Crippen molar-refractivity contribution in [3.8, 4) is 0 Å². The highest BCUT2D eigenvalue weighted by Crippen LogP contribution is 2.14. The van der Waals surface area contributed by atoms with Gasteiger partial charge in [-0.3, -0.25) is 4.79 Å². The third kappa shape index (κ3) is 3.40. The number of benzene rings is 1. The lowest BCUT2D eigenvalue weighted by atomic mass is 10.1. The van der Waals surface area contributed by atoms with Crippen LogP contribution in [0.3, 0.4) is 0 Å². The number of aromatic nitrogens is 1. The molecule has 0 aliphatic carbocycles. The fraction of sp³-hybridized carbons (Fsp3) is 0.143. The third-order valence-electron chi connectivity index (χ3n) is 2.71. The maximum atomic E-state index is 13.2. The van der Waals surface area contributed by atoms with Crippen molar-refractivity contribution in [2.75, 3.05) is 0 Å². The molecular formula is C14H12BrFN2O2. The summed E-state index contributed by atoms with van der Waals surface area (Å²) in [6, 6.07) is 7.78. The van der Waals surface area contributed by atoms with E-state index < -0.39 is 5.82 Å². The van der Waals surface area contributed by atoms with Crippen LogP contribution < -0.4 is 5.32 Å². The van der Waals surface area contributed by atoms with E-state index in [9.17, 15) is 9.18 Å². The Morgan fingerprint density at radius 2 is 2.20 bits per heavy atom. The van der Waals surface area contributed by atoms with E-state index in [-0.39, 0.29) is 30.3 Å². The Kier molecular flexibility index (Phi) is 4.81. The summed E-state index contributed by atoms with van der Waals surface area (Å²) >= 11 is 3.25. The zero-order valence-corrected chi connectivity index (χ0v) is 12.0. The number of hydrogen-bond donors (Lipinski definition) is 2. The number of nitrogens with zero attached hydrogens (tertiary/aromatic N) is 1. The Morgan fingerprint density at radius 1 is 1.40 bits per heavy atom. The van der Waals surface area contributed by atoms with E-state index in [4.69, 9.17) is 5.11 Å². The maximum absolute atomic E-state index is 13.2. The van der Waals surface area contributed by atoms with Gasteiger partial charge in [0.25, 0.3) is 5.91 Å². The number of hydrogen-bond acceptors (Lipinski definition) is 3. The highest BCUT2D eigenvalue weighted by molar-refractivity contribution is 9.10. The molecule has 0 radical (unpaired) electrons. The molecule has 104 valence electrons. The second kappa shape index (κ2) is 6.58. The van der Waals surface area contributed by atoms with Crippen molar-refractivity contribution in [1.82, 2.24) is 10.3 Å². The summed E-state index contributed by atoms with van der Waals surface area (Å²) in [5.74, 6) is -0.789. The lowest BCUT2D eigenvalue weighted by Gasteiger charge is -2.07. The predicted molar refractivity (Wildman–Crippen MR) is 75.4 cm³/mol. The molecule has 1 aromatic heterocycles. The molecule has 2 N–H and O–H groups in total. The summed E-state index contributed by atoms with van der Waals surface area (Å²) in [6.07, 6.45) is 1.53. The molecule has 1 aromatic carbocycles. The Bertz CT molecular complexity index is 634. The first-order valence-corrected chi connectivity index (χ1v) is 6.68. The van der Waals surface area contributed by atoms with Gasteiger partial charge in [-0.15, -0.1) is 0 Å². The van der Waals surface area contributed by atoms with Crippen molar-refractivity contribution in [2.45, 2.75) is 13.2 Å². The van der Waals surface area contributed by atoms with Gasteiger partial charge < -0.3 is 10.4 Å². The average Bonchev–Trinajstić information content (AvgIpc) is 2.46. The van der Waals surface area contributed by atoms with Gasteiger partial charge >= 0.3 is 0 Å². The molecule has 2 aromatic rings. The lowest BCUT2D eigenvalue weighted by molar-refractivity contribution is 0.0945. The molecule has 6 heteroatoms. The predicted octanol–water partition coefficient (Wildman–Crippen LogP) is 2.41. The van der Waals surface area contributed by atoms with Crippen LogP contribution in [0, 0.1) is 5.82 Å². The van der Waals surface area contributed by atoms with Gasteiger partial charge in [0.15, 0.2) is 0 Å². The van der Waals surface area contributed by atoms with E-state index in [2.05, 4.69) is 26.2 Å². The molecule has 0 bridgehead atoms. The summed E-state index contributed by atoms with van der Waals surface area (Å²) in [4.78, 5) is 15.9. The first kappa shape index (κ1) is 14.6. The standard InChI is InChI=1S/C14H12BrFN2O2/c15-11-2-1-5-17-13(11)14(20)18-7-9-3-4-12(16)10(6-9)8-19/h1-6,19H,7-8H2,(H,18,20). The Labute approximate surface area is 123 Å². The van der Waals surface area contributed by atoms with Gasteiger partial charge in [-0.25, -0.2) is 9.37 Å². The highest BCUT2D eigenvalue weighted by atomic mass is 79.9. The average molecular weight is 339 g/mol. The molecule has 0 fully saturated rings. The molecule has 0 spiro atoms. The number of aliphatic hydroxyl groups is 1. The SMILES string of the molecule is O=C(NCc1ccc(F)c(CO)c1)c1ncccc1Br. The normalized spacial score (nSPS) is 10.3. The smallest absolute Gasteiger partial charge is 0.271 e. The molecule has 0 saturated heterocycles. The van der Waals surface area contributed by atoms with Crippen molar-refractivity contribution >= 4 is 21.8 Å². The summed E-state index contributed by atoms with van der Waals surface area (Å²) in [5.41, 5.74) is 1.20. The largest absolute Gasteiger partial charge is 0.392 e. The van der Waals surface area contributed by atoms with Crippen LogP contribution >= 0.6 is 15.9 Å². The molecule has 4 nitrogen and oxygen atoms in total. The van der Waals surface area contributed by atoms with Crippen LogP contribution in [0.2, 0.25) is 0 Å². The van der Waals surface area contributed by atoms with Gasteiger partial charge in [0.1, 0.15) is 11.5 Å². The van der Waals surface area contributed by atoms with Crippen molar-refractivity contribution in [3.05, 3.63) is 63.6 Å². The van der Waals surface area contributed by atoms with Crippen molar-refractivity contribution in [3.63, 3.8) is 0 Å². The quantitative estimate of drug-likeness (QED) is 0.899. The van der Waals surface area contributed by atoms with Crippen LogP contribution in [0.15, 0.2) is 41.0 Å². The van der Waals surface area contributed by atoms with E-state index in [0.29, 0.717) is 10.0 Å². The summed E-state index contributed by atoms with van der Waals surface area (Å²) in [7, 11) is 0. The van der Waals surface area contributed by atoms with Crippen LogP contribution in [0.4, 0.5) is 4.39 Å². The number of carbonyl (C=O) groups is 1. The molecule has 0 aliphatic rings. The highest BCUT2D eigenvalue weighted by Gasteiger charge is 2.11. The van der Waals surface area contributed by atoms with E-state index >= 15 is 0 Å². The summed E-state index contributed by atoms with van der Waals surface area (Å²) < 4.78 is 13.8. The monoisotopic (exact) mass is 338 g/mol. The van der Waals surface area contributed by atoms with E-state index in [1.807, 2.05) is 0 Å². The number of amides is 1. The molecule has 1 heterocycles. The number of halogens is 2. The molecule has 20 heavy (non-hydrogen) atoms. The molecule has 0 atom stereocenters. The van der Waals surface area contributed by atoms with Crippen LogP contribution in [0.5, 0.6) is 0 Å². The second-order valence-electron chi connectivity index (χ2n) is 4.10. The van der Waals surface area contributed by atoms with Crippen LogP contribution in [0.25, 0.3) is 0 Å². The first-order chi connectivity index (χ1) is 9.61. The molecule has 0 saturated carbocycles. The minimum absolute atomic E-state index is 0.204. The topological polar surface area (TPSA) is 62.2 Å². The lowest BCUT2D eigenvalue weighted by Crippen LogP contribution is -2.24. The van der Waals surface area contributed by atoms with Gasteiger partial charge in [-0.05, 0) is 45.8 Å². The van der Waals surface area contributed by atoms with Crippen LogP contribution in [0.1, 0.15) is 21.6 Å². The molecule has 1 amide bonds. The number of carbonyl (C=O) groups excluding carboxylic acids is 1. The van der Waals surface area contributed by atoms with Crippen molar-refractivity contribution in [2.24, 2.45) is 0 Å². The first-order valence-electron chi connectivity index (χ1n) is 5.88. The second-order valence-corrected chi connectivity index (χ2v) is 4.95. The fourth-order valence-electron chi connectivity index (χ4n) is 1.68. The van der Waals surface area contributed by atoms with E-state index in [1.165, 1.54) is 18.3 Å². The van der Waals surface area contributed by atoms with Crippen LogP contribution in [-0.4, -0.2) is 16.0 Å². The minimum atomic E-state index is -0.463. The van der Waals surface area contributed by atoms with Gasteiger partial charge in [-0.1, -0.05) is 6.07 Å². The van der Waals surface area contributed by atoms with E-state index in [0.717, 1.165) is 0 Å². The van der Waals surface area contributed by atoms with Gasteiger partial charge in [0.05, 0.1) is 6.61 Å². The zero-order valence-electron chi connectivity index (χ0n) is 10.4. The Hall–Kier alpha value is -1.79. The molecule has 0 aliphatic heterocycles. The van der Waals surface area contributed by atoms with Gasteiger partial charge in [0, 0.05) is 22.8 Å². The Balaban J connectivity index is 2.06. The zero-order chi connectivity index (χ0) is 14.5. The molecule has 0 unspecified atom stereocenters. The third-order valence-corrected chi connectivity index (χ3v) is 3.35. The number of pyridine rings is 1. The summed E-state index contributed by atoms with van der Waals surface area (Å²) in [5, 5.41) is 11.7. The van der Waals surface area contributed by atoms with Gasteiger partial charge in [0.2, 0.25) is 0 Å². The minimum Gasteiger partial charge on any atom is -0.392 e. The molecule has 2 rings (SSSR count). The molecular weight excluding hydrogens is 327 g/mol. The number of aliphatic hydroxyl groups excluding tert-OH is 1. The fourth-order valence-corrected chi connectivity index (χ4v) is 2.11. The van der Waals surface area contributed by atoms with Gasteiger partial charge in [-0.2, -0.15) is 0 Å². The maximum Gasteiger partial charge on any atom is 0.271 e. The van der Waals surface area contributed by atoms with Crippen molar-refractivity contribution < 1.29 is 14.3 Å². The van der Waals surface area contributed by atoms with Crippen LogP contribution in [-0.2, 0) is 13.2 Å². The number of rotatable bonds is 4. The summed E-state index contributed by atoms with van der Waals surface area (Å²) in [6.45, 7) is -0.144.